The van der Waals surface area contributed by atoms with Crippen molar-refractivity contribution < 1.29 is 18.8 Å². The van der Waals surface area contributed by atoms with Crippen LogP contribution >= 0.6 is 0 Å². The van der Waals surface area contributed by atoms with Crippen molar-refractivity contribution in [3.8, 4) is 0 Å². The minimum Gasteiger partial charge on any atom is -0.465 e. The lowest BCUT2D eigenvalue weighted by molar-refractivity contribution is -0.384. The highest BCUT2D eigenvalue weighted by Gasteiger charge is 2.24. The van der Waals surface area contributed by atoms with E-state index in [1.54, 1.807) is 19.0 Å². The predicted molar refractivity (Wildman–Crippen MR) is 71.6 cm³/mol. The zero-order valence-corrected chi connectivity index (χ0v) is 11.5. The number of hydrogen-bond acceptors (Lipinski definition) is 6. The Balaban J connectivity index is 3.30. The number of nitrogens with one attached hydrogen (secondary N) is 1. The molecule has 0 aliphatic rings. The SMILES string of the molecule is CNCCN(C)c1cc(C(=O)OC)c(F)cc1[N+](=O)[O-]. The van der Waals surface area contributed by atoms with Gasteiger partial charge in [0, 0.05) is 20.1 Å². The molecule has 1 N–H and O–H groups in total. The van der Waals surface area contributed by atoms with Crippen LogP contribution in [-0.4, -0.2) is 45.2 Å². The largest absolute Gasteiger partial charge is 0.465 e. The Morgan fingerprint density at radius 2 is 2.20 bits per heavy atom. The maximum absolute atomic E-state index is 13.7. The van der Waals surface area contributed by atoms with Crippen LogP contribution in [0.5, 0.6) is 0 Å². The van der Waals surface area contributed by atoms with Crippen LogP contribution < -0.4 is 10.2 Å². The van der Waals surface area contributed by atoms with Gasteiger partial charge in [0.2, 0.25) is 0 Å². The van der Waals surface area contributed by atoms with Gasteiger partial charge in [-0.2, -0.15) is 0 Å². The van der Waals surface area contributed by atoms with Crippen LogP contribution in [0.1, 0.15) is 10.4 Å². The van der Waals surface area contributed by atoms with E-state index in [4.69, 9.17) is 0 Å². The van der Waals surface area contributed by atoms with E-state index >= 15 is 0 Å². The quantitative estimate of drug-likeness (QED) is 0.480. The van der Waals surface area contributed by atoms with E-state index in [-0.39, 0.29) is 11.3 Å². The van der Waals surface area contributed by atoms with Crippen molar-refractivity contribution >= 4 is 17.3 Å². The fourth-order valence-corrected chi connectivity index (χ4v) is 1.67. The van der Waals surface area contributed by atoms with Gasteiger partial charge < -0.3 is 15.0 Å². The summed E-state index contributed by atoms with van der Waals surface area (Å²) in [6.07, 6.45) is 0. The van der Waals surface area contributed by atoms with Gasteiger partial charge in [0.1, 0.15) is 11.5 Å². The first kappa shape index (κ1) is 15.8. The summed E-state index contributed by atoms with van der Waals surface area (Å²) in [5, 5.41) is 13.9. The predicted octanol–water partition coefficient (Wildman–Crippen LogP) is 1.18. The monoisotopic (exact) mass is 285 g/mol. The lowest BCUT2D eigenvalue weighted by Gasteiger charge is -2.19. The number of hydrogen-bond donors (Lipinski definition) is 1. The van der Waals surface area contributed by atoms with Crippen LogP contribution in [0.15, 0.2) is 12.1 Å². The smallest absolute Gasteiger partial charge is 0.340 e. The highest BCUT2D eigenvalue weighted by Crippen LogP contribution is 2.30. The van der Waals surface area contributed by atoms with E-state index in [0.29, 0.717) is 13.1 Å². The number of nitrogens with zero attached hydrogens (tertiary/aromatic N) is 2. The van der Waals surface area contributed by atoms with Crippen LogP contribution in [0.4, 0.5) is 15.8 Å². The Labute approximate surface area is 115 Å². The number of nitro benzene ring substituents is 1. The first-order valence-corrected chi connectivity index (χ1v) is 5.84. The molecule has 20 heavy (non-hydrogen) atoms. The highest BCUT2D eigenvalue weighted by atomic mass is 19.1. The molecule has 0 spiro atoms. The summed E-state index contributed by atoms with van der Waals surface area (Å²) >= 11 is 0. The minimum atomic E-state index is -0.977. The van der Waals surface area contributed by atoms with Crippen molar-refractivity contribution in [1.29, 1.82) is 0 Å². The van der Waals surface area contributed by atoms with Crippen molar-refractivity contribution in [3.05, 3.63) is 33.6 Å². The van der Waals surface area contributed by atoms with E-state index < -0.39 is 22.4 Å². The zero-order valence-electron chi connectivity index (χ0n) is 11.5. The summed E-state index contributed by atoms with van der Waals surface area (Å²) in [4.78, 5) is 23.3. The van der Waals surface area contributed by atoms with Crippen molar-refractivity contribution in [2.45, 2.75) is 0 Å². The molecule has 110 valence electrons. The second-order valence-electron chi connectivity index (χ2n) is 4.09. The Bertz CT molecular complexity index is 522. The molecule has 0 fully saturated rings. The second kappa shape index (κ2) is 6.80. The average Bonchev–Trinajstić information content (AvgIpc) is 2.43. The van der Waals surface area contributed by atoms with Gasteiger partial charge in [-0.05, 0) is 13.1 Å². The van der Waals surface area contributed by atoms with Crippen LogP contribution in [0, 0.1) is 15.9 Å². The summed E-state index contributed by atoms with van der Waals surface area (Å²) in [5.74, 6) is -1.85. The molecular formula is C12H16FN3O4. The Morgan fingerprint density at radius 3 is 2.70 bits per heavy atom. The summed E-state index contributed by atoms with van der Waals surface area (Å²) in [6.45, 7) is 1.04. The summed E-state index contributed by atoms with van der Waals surface area (Å²) in [6, 6.07) is 1.87. The maximum atomic E-state index is 13.7. The first-order chi connectivity index (χ1) is 9.42. The fourth-order valence-electron chi connectivity index (χ4n) is 1.67. The molecule has 7 nitrogen and oxygen atoms in total. The van der Waals surface area contributed by atoms with Gasteiger partial charge in [-0.3, -0.25) is 10.1 Å². The van der Waals surface area contributed by atoms with E-state index in [9.17, 15) is 19.3 Å². The lowest BCUT2D eigenvalue weighted by atomic mass is 10.1. The number of anilines is 1. The van der Waals surface area contributed by atoms with E-state index in [2.05, 4.69) is 10.1 Å². The number of benzene rings is 1. The van der Waals surface area contributed by atoms with Crippen LogP contribution in [0.2, 0.25) is 0 Å². The molecule has 0 atom stereocenters. The van der Waals surface area contributed by atoms with Crippen LogP contribution in [-0.2, 0) is 4.74 Å². The van der Waals surface area contributed by atoms with E-state index in [1.165, 1.54) is 0 Å². The topological polar surface area (TPSA) is 84.7 Å². The molecule has 0 bridgehead atoms. The number of likely N-dealkylation sites (N-methyl/N-ethyl adjacent to an activating group) is 2. The number of carbonyl (C=O) groups is 1. The van der Waals surface area contributed by atoms with Gasteiger partial charge in [-0.1, -0.05) is 0 Å². The minimum absolute atomic E-state index is 0.159. The van der Waals surface area contributed by atoms with Gasteiger partial charge in [0.25, 0.3) is 5.69 Å². The van der Waals surface area contributed by atoms with Gasteiger partial charge in [-0.25, -0.2) is 9.18 Å². The maximum Gasteiger partial charge on any atom is 0.340 e. The number of halogens is 1. The molecule has 1 aromatic carbocycles. The molecule has 0 saturated heterocycles. The second-order valence-corrected chi connectivity index (χ2v) is 4.09. The third-order valence-corrected chi connectivity index (χ3v) is 2.77. The molecule has 0 radical (unpaired) electrons. The third kappa shape index (κ3) is 3.41. The highest BCUT2D eigenvalue weighted by molar-refractivity contribution is 5.92. The van der Waals surface area contributed by atoms with Crippen molar-refractivity contribution in [2.75, 3.05) is 39.2 Å². The number of nitro groups is 1. The molecule has 0 saturated carbocycles. The summed E-state index contributed by atoms with van der Waals surface area (Å²) < 4.78 is 18.2. The van der Waals surface area contributed by atoms with Gasteiger partial charge in [-0.15, -0.1) is 0 Å². The molecule has 0 heterocycles. The average molecular weight is 285 g/mol. The number of esters is 1. The van der Waals surface area contributed by atoms with Crippen molar-refractivity contribution in [2.24, 2.45) is 0 Å². The van der Waals surface area contributed by atoms with Crippen LogP contribution in [0.3, 0.4) is 0 Å². The molecule has 8 heteroatoms. The standard InChI is InChI=1S/C12H16FN3O4/c1-14-4-5-15(2)10-6-8(12(17)20-3)9(13)7-11(10)16(18)19/h6-7,14H,4-5H2,1-3H3. The molecule has 0 amide bonds. The van der Waals surface area contributed by atoms with Gasteiger partial charge in [0.15, 0.2) is 0 Å². The third-order valence-electron chi connectivity index (χ3n) is 2.77. The number of methoxy groups -OCH3 is 1. The van der Waals surface area contributed by atoms with Crippen LogP contribution in [0.25, 0.3) is 0 Å². The first-order valence-electron chi connectivity index (χ1n) is 5.84. The Kier molecular flexibility index (Phi) is 5.39. The van der Waals surface area contributed by atoms with Gasteiger partial charge in [0.05, 0.1) is 23.7 Å². The molecule has 0 aromatic heterocycles. The number of rotatable bonds is 6. The van der Waals surface area contributed by atoms with E-state index in [0.717, 1.165) is 19.2 Å². The van der Waals surface area contributed by atoms with E-state index in [1.807, 2.05) is 0 Å². The molecule has 1 aromatic rings. The summed E-state index contributed by atoms with van der Waals surface area (Å²) in [7, 11) is 4.49. The number of ether oxygens (including phenoxy) is 1. The lowest BCUT2D eigenvalue weighted by Crippen LogP contribution is -2.28. The molecule has 1 rings (SSSR count). The number of carbonyl (C=O) groups excluding carboxylic acids is 1. The molecule has 0 aliphatic heterocycles. The Morgan fingerprint density at radius 1 is 1.55 bits per heavy atom. The fraction of sp³-hybridized carbons (Fsp3) is 0.417. The molecule has 0 unspecified atom stereocenters. The van der Waals surface area contributed by atoms with Gasteiger partial charge >= 0.3 is 5.97 Å². The van der Waals surface area contributed by atoms with Crippen molar-refractivity contribution in [3.63, 3.8) is 0 Å². The Hall–Kier alpha value is -2.22. The van der Waals surface area contributed by atoms with Crippen molar-refractivity contribution in [1.82, 2.24) is 5.32 Å². The molecular weight excluding hydrogens is 269 g/mol. The normalized spacial score (nSPS) is 10.2. The zero-order chi connectivity index (χ0) is 15.3. The summed E-state index contributed by atoms with van der Waals surface area (Å²) in [5.41, 5.74) is -0.565. The molecule has 0 aliphatic carbocycles.